The van der Waals surface area contributed by atoms with Gasteiger partial charge in [0.1, 0.15) is 11.3 Å². The first-order valence-electron chi connectivity index (χ1n) is 5.31. The Labute approximate surface area is 121 Å². The molecule has 0 aliphatic heterocycles. The molecule has 0 radical (unpaired) electrons. The minimum atomic E-state index is -4.15. The lowest BCUT2D eigenvalue weighted by Crippen LogP contribution is -2.02. The van der Waals surface area contributed by atoms with E-state index in [2.05, 4.69) is 20.5 Å². The highest BCUT2D eigenvalue weighted by molar-refractivity contribution is 9.10. The second kappa shape index (κ2) is 5.67. The first-order chi connectivity index (χ1) is 9.32. The fraction of sp³-hybridized carbons (Fsp3) is 0.182. The Morgan fingerprint density at radius 1 is 1.40 bits per heavy atom. The molecule has 0 bridgehead atoms. The van der Waals surface area contributed by atoms with Crippen molar-refractivity contribution in [2.24, 2.45) is 0 Å². The second-order valence-electron chi connectivity index (χ2n) is 3.82. The number of rotatable bonds is 4. The number of phosphoric ester groups is 1. The van der Waals surface area contributed by atoms with Crippen molar-refractivity contribution in [1.82, 2.24) is 0 Å². The molecule has 0 spiro atoms. The van der Waals surface area contributed by atoms with Gasteiger partial charge in [-0.3, -0.25) is 9.05 Å². The molecule has 0 saturated carbocycles. The maximum Gasteiger partial charge on any atom is 0.472 e. The molecule has 1 aromatic heterocycles. The summed E-state index contributed by atoms with van der Waals surface area (Å²) in [5.74, 6) is -0.0940. The summed E-state index contributed by atoms with van der Waals surface area (Å²) in [6.45, 7) is -0.319. The Morgan fingerprint density at radius 3 is 2.75 bits per heavy atom. The molecule has 2 N–H and O–H groups in total. The third kappa shape index (κ3) is 3.28. The number of hydrogen-bond donors (Lipinski definition) is 2. The molecule has 9 heteroatoms. The highest BCUT2D eigenvalue weighted by Crippen LogP contribution is 2.43. The van der Waals surface area contributed by atoms with Gasteiger partial charge in [0.05, 0.1) is 11.1 Å². The van der Waals surface area contributed by atoms with E-state index in [0.29, 0.717) is 15.4 Å². The van der Waals surface area contributed by atoms with Crippen molar-refractivity contribution in [2.45, 2.75) is 6.61 Å². The monoisotopic (exact) mass is 364 g/mol. The molecule has 0 aliphatic rings. The molecule has 2 aromatic rings. The van der Waals surface area contributed by atoms with E-state index in [4.69, 9.17) is 8.94 Å². The van der Waals surface area contributed by atoms with Gasteiger partial charge in [-0.1, -0.05) is 0 Å². The third-order valence-corrected chi connectivity index (χ3v) is 4.06. The lowest BCUT2D eigenvalue weighted by molar-refractivity contribution is 0.166. The van der Waals surface area contributed by atoms with Crippen LogP contribution in [-0.4, -0.2) is 17.1 Å². The molecule has 20 heavy (non-hydrogen) atoms. The Hall–Kier alpha value is -1.18. The summed E-state index contributed by atoms with van der Waals surface area (Å²) in [7, 11) is -3.11. The van der Waals surface area contributed by atoms with Crippen LogP contribution < -0.4 is 5.63 Å². The number of halogens is 1. The van der Waals surface area contributed by atoms with Crippen LogP contribution in [0.3, 0.4) is 0 Å². The number of phenols is 1. The SMILES string of the molecule is COP(=O)(O)OCc1cc(=O)oc2cc(O)c(Br)cc12. The van der Waals surface area contributed by atoms with Crippen LogP contribution in [0.1, 0.15) is 5.56 Å². The number of phenolic OH excluding ortho intramolecular Hbond substituents is 1. The zero-order valence-electron chi connectivity index (χ0n) is 10.2. The molecule has 1 aromatic carbocycles. The predicted molar refractivity (Wildman–Crippen MR) is 73.5 cm³/mol. The van der Waals surface area contributed by atoms with Crippen LogP contribution in [0.5, 0.6) is 5.75 Å². The van der Waals surface area contributed by atoms with Crippen LogP contribution in [0.25, 0.3) is 11.0 Å². The predicted octanol–water partition coefficient (Wildman–Crippen LogP) is 2.52. The minimum absolute atomic E-state index is 0.0940. The molecule has 2 rings (SSSR count). The second-order valence-corrected chi connectivity index (χ2v) is 6.23. The molecule has 0 fully saturated rings. The first-order valence-corrected chi connectivity index (χ1v) is 7.59. The Kier molecular flexibility index (Phi) is 4.31. The van der Waals surface area contributed by atoms with Gasteiger partial charge < -0.3 is 14.4 Å². The number of hydrogen-bond acceptors (Lipinski definition) is 6. The third-order valence-electron chi connectivity index (χ3n) is 2.51. The van der Waals surface area contributed by atoms with Crippen molar-refractivity contribution in [2.75, 3.05) is 7.11 Å². The van der Waals surface area contributed by atoms with Gasteiger partial charge in [-0.2, -0.15) is 0 Å². The van der Waals surface area contributed by atoms with E-state index in [9.17, 15) is 19.4 Å². The molecule has 1 heterocycles. The number of benzene rings is 1. The van der Waals surface area contributed by atoms with E-state index in [1.165, 1.54) is 12.1 Å². The molecule has 0 saturated heterocycles. The van der Waals surface area contributed by atoms with Gasteiger partial charge in [0.25, 0.3) is 0 Å². The van der Waals surface area contributed by atoms with Gasteiger partial charge in [-0.05, 0) is 27.6 Å². The number of aromatic hydroxyl groups is 1. The molecule has 0 aliphatic carbocycles. The van der Waals surface area contributed by atoms with Gasteiger partial charge in [-0.25, -0.2) is 9.36 Å². The van der Waals surface area contributed by atoms with Crippen LogP contribution in [-0.2, 0) is 20.2 Å². The van der Waals surface area contributed by atoms with Gasteiger partial charge in [0.2, 0.25) is 0 Å². The van der Waals surface area contributed by atoms with E-state index in [1.807, 2.05) is 0 Å². The largest absolute Gasteiger partial charge is 0.507 e. The summed E-state index contributed by atoms with van der Waals surface area (Å²) < 4.78 is 25.6. The summed E-state index contributed by atoms with van der Waals surface area (Å²) in [5, 5.41) is 10.0. The van der Waals surface area contributed by atoms with Crippen molar-refractivity contribution < 1.29 is 28.0 Å². The summed E-state index contributed by atoms with van der Waals surface area (Å²) in [5.41, 5.74) is -0.187. The molecule has 1 unspecified atom stereocenters. The Balaban J connectivity index is 2.50. The zero-order valence-corrected chi connectivity index (χ0v) is 12.7. The summed E-state index contributed by atoms with van der Waals surface area (Å²) >= 11 is 3.13. The fourth-order valence-electron chi connectivity index (χ4n) is 1.56. The van der Waals surface area contributed by atoms with E-state index in [-0.39, 0.29) is 17.9 Å². The van der Waals surface area contributed by atoms with Crippen LogP contribution in [0, 0.1) is 0 Å². The van der Waals surface area contributed by atoms with Crippen molar-refractivity contribution in [3.05, 3.63) is 38.7 Å². The maximum absolute atomic E-state index is 11.4. The van der Waals surface area contributed by atoms with Crippen LogP contribution in [0.4, 0.5) is 0 Å². The van der Waals surface area contributed by atoms with Gasteiger partial charge in [-0.15, -0.1) is 0 Å². The highest BCUT2D eigenvalue weighted by atomic mass is 79.9. The van der Waals surface area contributed by atoms with E-state index in [1.54, 1.807) is 0 Å². The van der Waals surface area contributed by atoms with Crippen molar-refractivity contribution in [1.29, 1.82) is 0 Å². The zero-order chi connectivity index (χ0) is 14.9. The maximum atomic E-state index is 11.4. The molecular formula is C11H10BrO7P. The topological polar surface area (TPSA) is 106 Å². The van der Waals surface area contributed by atoms with Crippen LogP contribution in [0.2, 0.25) is 0 Å². The van der Waals surface area contributed by atoms with E-state index >= 15 is 0 Å². The van der Waals surface area contributed by atoms with Gasteiger partial charge >= 0.3 is 13.4 Å². The summed E-state index contributed by atoms with van der Waals surface area (Å²) in [6, 6.07) is 3.92. The van der Waals surface area contributed by atoms with E-state index in [0.717, 1.165) is 13.2 Å². The lowest BCUT2D eigenvalue weighted by atomic mass is 10.1. The number of fused-ring (bicyclic) bond motifs is 1. The average Bonchev–Trinajstić information content (AvgIpc) is 2.38. The van der Waals surface area contributed by atoms with Crippen LogP contribution >= 0.6 is 23.8 Å². The number of phosphoric acid groups is 1. The molecule has 1 atom stereocenters. The van der Waals surface area contributed by atoms with Gasteiger partial charge in [0, 0.05) is 24.6 Å². The van der Waals surface area contributed by atoms with Crippen LogP contribution in [0.15, 0.2) is 31.9 Å². The molecular weight excluding hydrogens is 355 g/mol. The highest BCUT2D eigenvalue weighted by Gasteiger charge is 2.19. The summed E-state index contributed by atoms with van der Waals surface area (Å²) in [6.07, 6.45) is 0. The normalized spacial score (nSPS) is 14.3. The minimum Gasteiger partial charge on any atom is -0.507 e. The standard InChI is InChI=1S/C11H10BrO7P/c1-17-20(15,16)18-5-6-2-11(14)19-10-4-9(13)8(12)3-7(6)10/h2-4,13H,5H2,1H3,(H,15,16). The first kappa shape index (κ1) is 15.2. The summed E-state index contributed by atoms with van der Waals surface area (Å²) in [4.78, 5) is 20.6. The van der Waals surface area contributed by atoms with Gasteiger partial charge in [0.15, 0.2) is 0 Å². The molecule has 108 valence electrons. The Morgan fingerprint density at radius 2 is 2.10 bits per heavy atom. The van der Waals surface area contributed by atoms with Crippen molar-refractivity contribution >= 4 is 34.7 Å². The van der Waals surface area contributed by atoms with E-state index < -0.39 is 13.4 Å². The Bertz CT molecular complexity index is 754. The van der Waals surface area contributed by atoms with Crippen molar-refractivity contribution in [3.8, 4) is 5.75 Å². The van der Waals surface area contributed by atoms with Crippen molar-refractivity contribution in [3.63, 3.8) is 0 Å². The smallest absolute Gasteiger partial charge is 0.472 e. The molecule has 7 nitrogen and oxygen atoms in total. The molecule has 0 amide bonds. The lowest BCUT2D eigenvalue weighted by Gasteiger charge is -2.10. The average molecular weight is 365 g/mol. The fourth-order valence-corrected chi connectivity index (χ4v) is 2.31. The quantitative estimate of drug-likeness (QED) is 0.633.